The largest absolute Gasteiger partial charge is 0.457 e. The summed E-state index contributed by atoms with van der Waals surface area (Å²) in [4.78, 5) is 12.8. The second-order valence-corrected chi connectivity index (χ2v) is 9.55. The first-order valence-corrected chi connectivity index (χ1v) is 12.7. The molecule has 35 heavy (non-hydrogen) atoms. The van der Waals surface area contributed by atoms with Crippen LogP contribution in [-0.4, -0.2) is 27.1 Å². The minimum absolute atomic E-state index is 0.264. The Labute approximate surface area is 204 Å². The van der Waals surface area contributed by atoms with Crippen LogP contribution in [0.4, 0.5) is 11.4 Å². The molecular formula is C27H24N2O5S. The first-order chi connectivity index (χ1) is 16.9. The minimum Gasteiger partial charge on any atom is -0.457 e. The van der Waals surface area contributed by atoms with Crippen molar-refractivity contribution in [3.63, 3.8) is 0 Å². The van der Waals surface area contributed by atoms with Crippen LogP contribution >= 0.6 is 0 Å². The van der Waals surface area contributed by atoms with Crippen molar-refractivity contribution in [1.82, 2.24) is 0 Å². The number of nitrogens with one attached hydrogen (secondary N) is 1. The molecule has 7 nitrogen and oxygen atoms in total. The van der Waals surface area contributed by atoms with Gasteiger partial charge in [-0.05, 0) is 60.7 Å². The van der Waals surface area contributed by atoms with Gasteiger partial charge in [-0.15, -0.1) is 0 Å². The van der Waals surface area contributed by atoms with Crippen molar-refractivity contribution >= 4 is 27.3 Å². The lowest BCUT2D eigenvalue weighted by Gasteiger charge is -2.24. The number of benzene rings is 4. The van der Waals surface area contributed by atoms with E-state index in [0.29, 0.717) is 28.7 Å². The number of carbonyl (C=O) groups is 1. The van der Waals surface area contributed by atoms with Crippen LogP contribution in [0.3, 0.4) is 0 Å². The van der Waals surface area contributed by atoms with E-state index >= 15 is 0 Å². The second-order valence-electron chi connectivity index (χ2n) is 7.64. The van der Waals surface area contributed by atoms with Crippen molar-refractivity contribution in [2.24, 2.45) is 0 Å². The number of hydrogen-bond acceptors (Lipinski definition) is 5. The molecule has 0 aromatic heterocycles. The fourth-order valence-corrected chi connectivity index (χ4v) is 4.17. The van der Waals surface area contributed by atoms with Gasteiger partial charge < -0.3 is 14.8 Å². The van der Waals surface area contributed by atoms with Gasteiger partial charge in [0.15, 0.2) is 5.75 Å². The molecule has 0 radical (unpaired) electrons. The Bertz CT molecular complexity index is 1380. The topological polar surface area (TPSA) is 84.9 Å². The molecule has 0 bridgehead atoms. The predicted molar refractivity (Wildman–Crippen MR) is 137 cm³/mol. The van der Waals surface area contributed by atoms with E-state index in [1.54, 1.807) is 60.7 Å². The number of hydrogen-bond donors (Lipinski definition) is 1. The molecule has 4 aromatic carbocycles. The molecule has 0 aliphatic heterocycles. The Morgan fingerprint density at radius 2 is 1.23 bits per heavy atom. The van der Waals surface area contributed by atoms with Gasteiger partial charge in [-0.2, -0.15) is 0 Å². The van der Waals surface area contributed by atoms with Crippen LogP contribution < -0.4 is 19.1 Å². The number of ether oxygens (including phenoxy) is 2. The first-order valence-electron chi connectivity index (χ1n) is 10.8. The average molecular weight is 489 g/mol. The second kappa shape index (κ2) is 10.8. The van der Waals surface area contributed by atoms with Crippen molar-refractivity contribution in [1.29, 1.82) is 0 Å². The summed E-state index contributed by atoms with van der Waals surface area (Å²) >= 11 is 0. The molecule has 0 saturated heterocycles. The van der Waals surface area contributed by atoms with Crippen LogP contribution in [0.5, 0.6) is 23.0 Å². The molecule has 0 fully saturated rings. The van der Waals surface area contributed by atoms with Crippen LogP contribution in [0.15, 0.2) is 109 Å². The van der Waals surface area contributed by atoms with Gasteiger partial charge in [-0.3, -0.25) is 9.10 Å². The van der Waals surface area contributed by atoms with Gasteiger partial charge in [0.05, 0.1) is 11.9 Å². The lowest BCUT2D eigenvalue weighted by atomic mass is 10.2. The summed E-state index contributed by atoms with van der Waals surface area (Å²) in [5.41, 5.74) is 0.776. The molecule has 1 amide bonds. The van der Waals surface area contributed by atoms with Gasteiger partial charge in [0.2, 0.25) is 15.9 Å². The number of para-hydroxylation sites is 4. The predicted octanol–water partition coefficient (Wildman–Crippen LogP) is 5.68. The fraction of sp³-hybridized carbons (Fsp3) is 0.0741. The van der Waals surface area contributed by atoms with Gasteiger partial charge in [0.1, 0.15) is 23.8 Å². The Morgan fingerprint density at radius 3 is 1.83 bits per heavy atom. The van der Waals surface area contributed by atoms with Gasteiger partial charge >= 0.3 is 0 Å². The summed E-state index contributed by atoms with van der Waals surface area (Å²) in [6.07, 6.45) is 1.05. The number of anilines is 2. The lowest BCUT2D eigenvalue weighted by Crippen LogP contribution is -2.37. The van der Waals surface area contributed by atoms with E-state index in [0.717, 1.165) is 10.6 Å². The van der Waals surface area contributed by atoms with Crippen molar-refractivity contribution < 1.29 is 22.7 Å². The van der Waals surface area contributed by atoms with Gasteiger partial charge in [0.25, 0.3) is 0 Å². The van der Waals surface area contributed by atoms with E-state index in [-0.39, 0.29) is 5.69 Å². The van der Waals surface area contributed by atoms with Crippen LogP contribution in [0, 0.1) is 0 Å². The van der Waals surface area contributed by atoms with Crippen molar-refractivity contribution in [3.05, 3.63) is 109 Å². The third kappa shape index (κ3) is 6.61. The minimum atomic E-state index is -3.79. The Morgan fingerprint density at radius 1 is 0.714 bits per heavy atom. The molecule has 0 aliphatic carbocycles. The molecule has 4 aromatic rings. The van der Waals surface area contributed by atoms with Crippen molar-refractivity contribution in [2.75, 3.05) is 22.4 Å². The molecule has 0 atom stereocenters. The number of amides is 1. The number of nitrogens with zero attached hydrogens (tertiary/aromatic N) is 1. The zero-order chi connectivity index (χ0) is 24.7. The molecule has 8 heteroatoms. The highest BCUT2D eigenvalue weighted by Gasteiger charge is 2.24. The monoisotopic (exact) mass is 488 g/mol. The summed E-state index contributed by atoms with van der Waals surface area (Å²) in [7, 11) is -3.79. The third-order valence-electron chi connectivity index (χ3n) is 4.91. The Hall–Kier alpha value is -4.30. The van der Waals surface area contributed by atoms with Crippen LogP contribution in [-0.2, 0) is 14.8 Å². The molecule has 4 rings (SSSR count). The molecule has 0 spiro atoms. The highest BCUT2D eigenvalue weighted by molar-refractivity contribution is 7.92. The summed E-state index contributed by atoms with van der Waals surface area (Å²) < 4.78 is 37.9. The maximum absolute atomic E-state index is 12.8. The average Bonchev–Trinajstić information content (AvgIpc) is 2.85. The van der Waals surface area contributed by atoms with E-state index in [9.17, 15) is 13.2 Å². The third-order valence-corrected chi connectivity index (χ3v) is 6.04. The smallest absolute Gasteiger partial charge is 0.245 e. The molecule has 0 aliphatic rings. The molecule has 0 heterocycles. The zero-order valence-corrected chi connectivity index (χ0v) is 19.8. The summed E-state index contributed by atoms with van der Waals surface area (Å²) in [5.74, 6) is 1.68. The zero-order valence-electron chi connectivity index (χ0n) is 19.0. The molecular weight excluding hydrogens is 464 g/mol. The summed E-state index contributed by atoms with van der Waals surface area (Å²) in [6.45, 7) is -0.420. The van der Waals surface area contributed by atoms with E-state index in [1.165, 1.54) is 0 Å². The van der Waals surface area contributed by atoms with Gasteiger partial charge in [0, 0.05) is 5.69 Å². The van der Waals surface area contributed by atoms with E-state index in [2.05, 4.69) is 5.32 Å². The highest BCUT2D eigenvalue weighted by Crippen LogP contribution is 2.33. The summed E-state index contributed by atoms with van der Waals surface area (Å²) in [6, 6.07) is 31.8. The van der Waals surface area contributed by atoms with Crippen LogP contribution in [0.25, 0.3) is 0 Å². The van der Waals surface area contributed by atoms with Crippen molar-refractivity contribution in [3.8, 4) is 23.0 Å². The Balaban J connectivity index is 1.48. The van der Waals surface area contributed by atoms with E-state index in [1.807, 2.05) is 48.5 Å². The standard InChI is InChI=1S/C27H24N2O5S/c1-35(31,32)29(25-14-8-9-15-26(25)34-23-12-6-3-7-13-23)20-27(30)28-21-16-18-24(19-17-21)33-22-10-4-2-5-11-22/h2-19H,20H2,1H3,(H,28,30). The van der Waals surface area contributed by atoms with Crippen molar-refractivity contribution in [2.45, 2.75) is 0 Å². The fourth-order valence-electron chi connectivity index (χ4n) is 3.31. The maximum atomic E-state index is 12.8. The van der Waals surface area contributed by atoms with Crippen LogP contribution in [0.2, 0.25) is 0 Å². The lowest BCUT2D eigenvalue weighted by molar-refractivity contribution is -0.114. The van der Waals surface area contributed by atoms with E-state index < -0.39 is 22.5 Å². The Kier molecular flexibility index (Phi) is 7.32. The molecule has 0 unspecified atom stereocenters. The highest BCUT2D eigenvalue weighted by atomic mass is 32.2. The van der Waals surface area contributed by atoms with Gasteiger partial charge in [-0.1, -0.05) is 48.5 Å². The quantitative estimate of drug-likeness (QED) is 0.328. The normalized spacial score (nSPS) is 10.9. The SMILES string of the molecule is CS(=O)(=O)N(CC(=O)Nc1ccc(Oc2ccccc2)cc1)c1ccccc1Oc1ccccc1. The van der Waals surface area contributed by atoms with Crippen LogP contribution in [0.1, 0.15) is 0 Å². The summed E-state index contributed by atoms with van der Waals surface area (Å²) in [5, 5.41) is 2.73. The van der Waals surface area contributed by atoms with Gasteiger partial charge in [-0.25, -0.2) is 8.42 Å². The number of carbonyl (C=O) groups excluding carboxylic acids is 1. The number of rotatable bonds is 9. The number of sulfonamides is 1. The first kappa shape index (κ1) is 23.8. The molecule has 0 saturated carbocycles. The molecule has 178 valence electrons. The molecule has 1 N–H and O–H groups in total. The van der Waals surface area contributed by atoms with E-state index in [4.69, 9.17) is 9.47 Å². The maximum Gasteiger partial charge on any atom is 0.245 e.